The van der Waals surface area contributed by atoms with Crippen molar-refractivity contribution in [2.75, 3.05) is 26.2 Å². The maximum atomic E-state index is 14.2. The maximum Gasteiger partial charge on any atom is 0.246 e. The van der Waals surface area contributed by atoms with Crippen molar-refractivity contribution in [2.45, 2.75) is 10.9 Å². The molecular formula is C23H22ClFN2O2S. The molecule has 156 valence electrons. The van der Waals surface area contributed by atoms with Gasteiger partial charge in [-0.05, 0) is 29.3 Å². The summed E-state index contributed by atoms with van der Waals surface area (Å²) in [7, 11) is -3.91. The van der Waals surface area contributed by atoms with Gasteiger partial charge in [0.2, 0.25) is 10.0 Å². The molecule has 0 aromatic heterocycles. The molecule has 0 radical (unpaired) electrons. The number of hydrogen-bond donors (Lipinski definition) is 0. The molecule has 0 saturated carbocycles. The fourth-order valence-electron chi connectivity index (χ4n) is 3.91. The summed E-state index contributed by atoms with van der Waals surface area (Å²) in [5.74, 6) is -0.823. The zero-order valence-corrected chi connectivity index (χ0v) is 17.9. The second kappa shape index (κ2) is 8.86. The molecule has 0 amide bonds. The third-order valence-corrected chi connectivity index (χ3v) is 7.55. The molecule has 0 spiro atoms. The lowest BCUT2D eigenvalue weighted by molar-refractivity contribution is 0.155. The molecular weight excluding hydrogens is 423 g/mol. The highest BCUT2D eigenvalue weighted by molar-refractivity contribution is 7.89. The van der Waals surface area contributed by atoms with Crippen LogP contribution in [0.5, 0.6) is 0 Å². The normalized spacial score (nSPS) is 16.1. The summed E-state index contributed by atoms with van der Waals surface area (Å²) in [6.07, 6.45) is 0. The summed E-state index contributed by atoms with van der Waals surface area (Å²) in [6.45, 7) is 1.67. The minimum absolute atomic E-state index is 0.0320. The average molecular weight is 445 g/mol. The van der Waals surface area contributed by atoms with Crippen molar-refractivity contribution in [1.82, 2.24) is 9.21 Å². The van der Waals surface area contributed by atoms with Crippen LogP contribution in [-0.2, 0) is 10.0 Å². The van der Waals surface area contributed by atoms with E-state index < -0.39 is 15.8 Å². The van der Waals surface area contributed by atoms with Gasteiger partial charge in [0, 0.05) is 31.2 Å². The second-order valence-corrected chi connectivity index (χ2v) is 9.58. The lowest BCUT2D eigenvalue weighted by Crippen LogP contribution is -2.49. The molecule has 3 aromatic carbocycles. The Hall–Kier alpha value is -2.25. The number of nitrogens with zero attached hydrogens (tertiary/aromatic N) is 2. The van der Waals surface area contributed by atoms with Gasteiger partial charge in [0.05, 0.1) is 6.04 Å². The molecule has 4 nitrogen and oxygen atoms in total. The molecule has 4 rings (SSSR count). The van der Waals surface area contributed by atoms with Crippen LogP contribution in [0.15, 0.2) is 83.8 Å². The minimum atomic E-state index is -3.91. The lowest BCUT2D eigenvalue weighted by Gasteiger charge is -2.39. The third-order valence-electron chi connectivity index (χ3n) is 5.38. The fourth-order valence-corrected chi connectivity index (χ4v) is 5.54. The van der Waals surface area contributed by atoms with E-state index in [1.165, 1.54) is 16.4 Å². The standard InChI is InChI=1S/C23H22ClFN2O2S/c24-20-11-12-22(21(25)17-20)30(28,29)27-15-13-26(14-16-27)23(18-7-3-1-4-8-18)19-9-5-2-6-10-19/h1-12,17,23H,13-16H2. The van der Waals surface area contributed by atoms with Gasteiger partial charge in [-0.15, -0.1) is 0 Å². The van der Waals surface area contributed by atoms with Crippen LogP contribution >= 0.6 is 11.6 Å². The first-order valence-corrected chi connectivity index (χ1v) is 11.6. The van der Waals surface area contributed by atoms with E-state index in [0.29, 0.717) is 26.2 Å². The first-order valence-electron chi connectivity index (χ1n) is 9.76. The highest BCUT2D eigenvalue weighted by atomic mass is 35.5. The number of sulfonamides is 1. The van der Waals surface area contributed by atoms with Gasteiger partial charge in [-0.2, -0.15) is 4.31 Å². The molecule has 1 fully saturated rings. The van der Waals surface area contributed by atoms with Crippen molar-refractivity contribution in [3.63, 3.8) is 0 Å². The summed E-state index contributed by atoms with van der Waals surface area (Å²) in [5, 5.41) is 0.171. The van der Waals surface area contributed by atoms with Crippen LogP contribution in [0, 0.1) is 5.82 Å². The van der Waals surface area contributed by atoms with Crippen LogP contribution in [0.3, 0.4) is 0 Å². The average Bonchev–Trinajstić information content (AvgIpc) is 2.76. The number of hydrogen-bond acceptors (Lipinski definition) is 3. The Balaban J connectivity index is 1.56. The minimum Gasteiger partial charge on any atom is -0.290 e. The Morgan fingerprint density at radius 1 is 0.800 bits per heavy atom. The number of piperazine rings is 1. The van der Waals surface area contributed by atoms with E-state index in [4.69, 9.17) is 11.6 Å². The Labute approximate surface area is 181 Å². The van der Waals surface area contributed by atoms with Crippen LogP contribution in [0.25, 0.3) is 0 Å². The maximum absolute atomic E-state index is 14.2. The summed E-state index contributed by atoms with van der Waals surface area (Å²) >= 11 is 5.77. The number of benzene rings is 3. The van der Waals surface area contributed by atoms with Crippen LogP contribution in [-0.4, -0.2) is 43.8 Å². The first-order chi connectivity index (χ1) is 14.5. The van der Waals surface area contributed by atoms with Gasteiger partial charge >= 0.3 is 0 Å². The molecule has 1 heterocycles. The van der Waals surface area contributed by atoms with E-state index in [9.17, 15) is 12.8 Å². The van der Waals surface area contributed by atoms with E-state index in [0.717, 1.165) is 17.2 Å². The number of rotatable bonds is 5. The van der Waals surface area contributed by atoms with Crippen molar-refractivity contribution in [3.05, 3.63) is 101 Å². The first kappa shape index (κ1) is 21.0. The fraction of sp³-hybridized carbons (Fsp3) is 0.217. The van der Waals surface area contributed by atoms with E-state index in [2.05, 4.69) is 29.2 Å². The molecule has 0 bridgehead atoms. The molecule has 1 saturated heterocycles. The van der Waals surface area contributed by atoms with Crippen LogP contribution < -0.4 is 0 Å². The van der Waals surface area contributed by atoms with E-state index >= 15 is 0 Å². The van der Waals surface area contributed by atoms with Gasteiger partial charge in [0.25, 0.3) is 0 Å². The molecule has 0 unspecified atom stereocenters. The second-order valence-electron chi connectivity index (χ2n) is 7.24. The predicted octanol–water partition coefficient (Wildman–Crippen LogP) is 4.58. The predicted molar refractivity (Wildman–Crippen MR) is 116 cm³/mol. The quantitative estimate of drug-likeness (QED) is 0.578. The SMILES string of the molecule is O=S(=O)(c1ccc(Cl)cc1F)N1CCN(C(c2ccccc2)c2ccccc2)CC1. The van der Waals surface area contributed by atoms with Crippen LogP contribution in [0.2, 0.25) is 5.02 Å². The largest absolute Gasteiger partial charge is 0.290 e. The Morgan fingerprint density at radius 3 is 1.83 bits per heavy atom. The molecule has 0 N–H and O–H groups in total. The molecule has 1 aliphatic rings. The Morgan fingerprint density at radius 2 is 1.33 bits per heavy atom. The van der Waals surface area contributed by atoms with Gasteiger partial charge in [0.1, 0.15) is 10.7 Å². The van der Waals surface area contributed by atoms with Gasteiger partial charge in [0.15, 0.2) is 0 Å². The monoisotopic (exact) mass is 444 g/mol. The van der Waals surface area contributed by atoms with Gasteiger partial charge in [-0.1, -0.05) is 72.3 Å². The van der Waals surface area contributed by atoms with Gasteiger partial charge in [-0.3, -0.25) is 4.90 Å². The molecule has 7 heteroatoms. The van der Waals surface area contributed by atoms with Crippen molar-refractivity contribution < 1.29 is 12.8 Å². The summed E-state index contributed by atoms with van der Waals surface area (Å²) in [4.78, 5) is 1.94. The zero-order valence-electron chi connectivity index (χ0n) is 16.3. The van der Waals surface area contributed by atoms with E-state index in [-0.39, 0.29) is 16.0 Å². The summed E-state index contributed by atoms with van der Waals surface area (Å²) in [5.41, 5.74) is 2.31. The summed E-state index contributed by atoms with van der Waals surface area (Å²) < 4.78 is 41.5. The topological polar surface area (TPSA) is 40.6 Å². The Kier molecular flexibility index (Phi) is 6.20. The van der Waals surface area contributed by atoms with Gasteiger partial charge < -0.3 is 0 Å². The van der Waals surface area contributed by atoms with E-state index in [1.807, 2.05) is 36.4 Å². The molecule has 1 aliphatic heterocycles. The zero-order chi connectivity index (χ0) is 21.1. The van der Waals surface area contributed by atoms with Crippen molar-refractivity contribution in [1.29, 1.82) is 0 Å². The Bertz CT molecular complexity index is 1060. The van der Waals surface area contributed by atoms with Crippen molar-refractivity contribution in [2.24, 2.45) is 0 Å². The van der Waals surface area contributed by atoms with Crippen molar-refractivity contribution in [3.8, 4) is 0 Å². The van der Waals surface area contributed by atoms with Crippen LogP contribution in [0.1, 0.15) is 17.2 Å². The van der Waals surface area contributed by atoms with E-state index in [1.54, 1.807) is 0 Å². The smallest absolute Gasteiger partial charge is 0.246 e. The summed E-state index contributed by atoms with van der Waals surface area (Å²) in [6, 6.07) is 24.0. The molecule has 0 atom stereocenters. The third kappa shape index (κ3) is 4.27. The van der Waals surface area contributed by atoms with Crippen LogP contribution in [0.4, 0.5) is 4.39 Å². The highest BCUT2D eigenvalue weighted by Crippen LogP contribution is 2.31. The lowest BCUT2D eigenvalue weighted by atomic mass is 9.96. The molecule has 30 heavy (non-hydrogen) atoms. The number of halogens is 2. The molecule has 3 aromatic rings. The van der Waals surface area contributed by atoms with Gasteiger partial charge in [-0.25, -0.2) is 12.8 Å². The van der Waals surface area contributed by atoms with Crippen molar-refractivity contribution >= 4 is 21.6 Å². The highest BCUT2D eigenvalue weighted by Gasteiger charge is 2.33. The molecule has 0 aliphatic carbocycles.